The van der Waals surface area contributed by atoms with Crippen LogP contribution >= 0.6 is 11.6 Å². The van der Waals surface area contributed by atoms with Crippen LogP contribution in [0.5, 0.6) is 0 Å². The molecule has 2 aliphatic rings. The summed E-state index contributed by atoms with van der Waals surface area (Å²) in [4.78, 5) is 15.2. The molecule has 0 spiro atoms. The summed E-state index contributed by atoms with van der Waals surface area (Å²) in [5.41, 5.74) is 2.00. The van der Waals surface area contributed by atoms with Crippen LogP contribution in [0.4, 0.5) is 0 Å². The minimum absolute atomic E-state index is 0.0938. The van der Waals surface area contributed by atoms with Gasteiger partial charge in [0.1, 0.15) is 5.69 Å². The predicted molar refractivity (Wildman–Crippen MR) is 103 cm³/mol. The highest BCUT2D eigenvalue weighted by molar-refractivity contribution is 6.33. The molecular formula is C20H25ClN4O. The van der Waals surface area contributed by atoms with E-state index in [9.17, 15) is 4.79 Å². The molecule has 1 aromatic carbocycles. The van der Waals surface area contributed by atoms with E-state index in [0.29, 0.717) is 28.4 Å². The van der Waals surface area contributed by atoms with E-state index in [2.05, 4.69) is 20.4 Å². The molecule has 2 aliphatic heterocycles. The predicted octanol–water partition coefficient (Wildman–Crippen LogP) is 3.72. The van der Waals surface area contributed by atoms with Crippen molar-refractivity contribution in [2.45, 2.75) is 38.1 Å². The molecule has 2 saturated heterocycles. The largest absolute Gasteiger partial charge is 0.350 e. The van der Waals surface area contributed by atoms with Crippen molar-refractivity contribution < 1.29 is 4.79 Å². The third-order valence-corrected chi connectivity index (χ3v) is 6.06. The van der Waals surface area contributed by atoms with Crippen LogP contribution < -0.4 is 5.32 Å². The van der Waals surface area contributed by atoms with E-state index in [4.69, 9.17) is 11.6 Å². The van der Waals surface area contributed by atoms with Gasteiger partial charge in [-0.3, -0.25) is 9.89 Å². The maximum Gasteiger partial charge on any atom is 0.269 e. The molecule has 0 aliphatic carbocycles. The zero-order valence-electron chi connectivity index (χ0n) is 14.9. The first kappa shape index (κ1) is 17.6. The van der Waals surface area contributed by atoms with Crippen LogP contribution in [0, 0.1) is 5.92 Å². The molecule has 0 bridgehead atoms. The number of carbonyl (C=O) groups is 1. The zero-order valence-corrected chi connectivity index (χ0v) is 15.6. The number of H-pyrrole nitrogens is 1. The van der Waals surface area contributed by atoms with Crippen molar-refractivity contribution in [2.75, 3.05) is 19.6 Å². The van der Waals surface area contributed by atoms with Crippen LogP contribution in [0.3, 0.4) is 0 Å². The van der Waals surface area contributed by atoms with Gasteiger partial charge in [0.25, 0.3) is 5.91 Å². The molecule has 3 heterocycles. The molecule has 2 atom stereocenters. The lowest BCUT2D eigenvalue weighted by molar-refractivity contribution is 0.0575. The standard InChI is InChI=1S/C20H25ClN4O/c21-16-8-2-1-7-15(16)17-12-18(24-23-17)20(26)22-13-14-6-5-11-25-10-4-3-9-19(14)25/h1-2,7-8,12,14,19H,3-6,9-11,13H2,(H,22,26)(H,23,24). The van der Waals surface area contributed by atoms with Gasteiger partial charge in [-0.2, -0.15) is 5.10 Å². The molecule has 26 heavy (non-hydrogen) atoms. The van der Waals surface area contributed by atoms with Gasteiger partial charge in [0.05, 0.1) is 10.7 Å². The molecular weight excluding hydrogens is 348 g/mol. The summed E-state index contributed by atoms with van der Waals surface area (Å²) in [6.45, 7) is 3.17. The minimum Gasteiger partial charge on any atom is -0.350 e. The summed E-state index contributed by atoms with van der Waals surface area (Å²) in [7, 11) is 0. The van der Waals surface area contributed by atoms with Crippen LogP contribution in [0.2, 0.25) is 5.02 Å². The number of hydrogen-bond acceptors (Lipinski definition) is 3. The van der Waals surface area contributed by atoms with Crippen LogP contribution in [0.15, 0.2) is 30.3 Å². The number of fused-ring (bicyclic) bond motifs is 1. The number of nitrogens with one attached hydrogen (secondary N) is 2. The van der Waals surface area contributed by atoms with Crippen molar-refractivity contribution in [1.29, 1.82) is 0 Å². The molecule has 138 valence electrons. The number of hydrogen-bond donors (Lipinski definition) is 2. The molecule has 0 saturated carbocycles. The second kappa shape index (κ2) is 7.80. The average Bonchev–Trinajstić information content (AvgIpc) is 3.16. The Labute approximate surface area is 159 Å². The first-order chi connectivity index (χ1) is 12.7. The van der Waals surface area contributed by atoms with Crippen molar-refractivity contribution in [2.24, 2.45) is 5.92 Å². The van der Waals surface area contributed by atoms with Crippen LogP contribution in [-0.4, -0.2) is 46.7 Å². The fourth-order valence-corrected chi connectivity index (χ4v) is 4.61. The Hall–Kier alpha value is -1.85. The second-order valence-electron chi connectivity index (χ2n) is 7.36. The quantitative estimate of drug-likeness (QED) is 0.859. The van der Waals surface area contributed by atoms with Gasteiger partial charge in [-0.05, 0) is 56.8 Å². The van der Waals surface area contributed by atoms with Gasteiger partial charge in [-0.15, -0.1) is 0 Å². The lowest BCUT2D eigenvalue weighted by atomic mass is 9.83. The van der Waals surface area contributed by atoms with Crippen molar-refractivity contribution in [3.8, 4) is 11.3 Å². The Morgan fingerprint density at radius 1 is 1.23 bits per heavy atom. The molecule has 2 N–H and O–H groups in total. The molecule has 2 fully saturated rings. The molecule has 0 radical (unpaired) electrons. The normalized spacial score (nSPS) is 23.4. The number of piperidine rings is 2. The van der Waals surface area contributed by atoms with Gasteiger partial charge in [-0.25, -0.2) is 0 Å². The number of halogens is 1. The van der Waals surface area contributed by atoms with Crippen LogP contribution in [-0.2, 0) is 0 Å². The Morgan fingerprint density at radius 2 is 2.08 bits per heavy atom. The molecule has 1 aromatic heterocycles. The highest BCUT2D eigenvalue weighted by Gasteiger charge is 2.33. The molecule has 5 nitrogen and oxygen atoms in total. The highest BCUT2D eigenvalue weighted by Crippen LogP contribution is 2.30. The lowest BCUT2D eigenvalue weighted by Gasteiger charge is -2.44. The first-order valence-electron chi connectivity index (χ1n) is 9.55. The van der Waals surface area contributed by atoms with Crippen molar-refractivity contribution in [3.05, 3.63) is 41.0 Å². The van der Waals surface area contributed by atoms with Crippen molar-refractivity contribution >= 4 is 17.5 Å². The summed E-state index contributed by atoms with van der Waals surface area (Å²) >= 11 is 6.22. The number of aromatic nitrogens is 2. The minimum atomic E-state index is -0.0938. The van der Waals surface area contributed by atoms with E-state index < -0.39 is 0 Å². The van der Waals surface area contributed by atoms with Crippen molar-refractivity contribution in [1.82, 2.24) is 20.4 Å². The molecule has 4 rings (SSSR count). The van der Waals surface area contributed by atoms with E-state index in [1.165, 1.54) is 45.2 Å². The SMILES string of the molecule is O=C(NCC1CCCN2CCCCC12)c1cc(-c2ccccc2Cl)n[nH]1. The number of rotatable bonds is 4. The van der Waals surface area contributed by atoms with E-state index in [1.807, 2.05) is 24.3 Å². The molecule has 2 aromatic rings. The summed E-state index contributed by atoms with van der Waals surface area (Å²) < 4.78 is 0. The fourth-order valence-electron chi connectivity index (χ4n) is 4.38. The smallest absolute Gasteiger partial charge is 0.269 e. The molecule has 1 amide bonds. The summed E-state index contributed by atoms with van der Waals surface area (Å²) in [5.74, 6) is 0.461. The monoisotopic (exact) mass is 372 g/mol. The van der Waals surface area contributed by atoms with E-state index in [0.717, 1.165) is 12.1 Å². The number of amides is 1. The third kappa shape index (κ3) is 3.64. The first-order valence-corrected chi connectivity index (χ1v) is 9.93. The maximum absolute atomic E-state index is 12.5. The lowest BCUT2D eigenvalue weighted by Crippen LogP contribution is -2.51. The fraction of sp³-hybridized carbons (Fsp3) is 0.500. The highest BCUT2D eigenvalue weighted by atomic mass is 35.5. The number of nitrogens with zero attached hydrogens (tertiary/aromatic N) is 2. The number of carbonyl (C=O) groups excluding carboxylic acids is 1. The Morgan fingerprint density at radius 3 is 2.96 bits per heavy atom. The van der Waals surface area contributed by atoms with Gasteiger partial charge in [0.15, 0.2) is 0 Å². The Bertz CT molecular complexity index is 773. The molecule has 2 unspecified atom stereocenters. The summed E-state index contributed by atoms with van der Waals surface area (Å²) in [5, 5.41) is 10.8. The van der Waals surface area contributed by atoms with E-state index in [1.54, 1.807) is 6.07 Å². The Kier molecular flexibility index (Phi) is 5.27. The van der Waals surface area contributed by atoms with Crippen LogP contribution in [0.1, 0.15) is 42.6 Å². The van der Waals surface area contributed by atoms with Gasteiger partial charge in [-0.1, -0.05) is 36.2 Å². The van der Waals surface area contributed by atoms with Gasteiger partial charge in [0, 0.05) is 18.2 Å². The topological polar surface area (TPSA) is 61.0 Å². The third-order valence-electron chi connectivity index (χ3n) is 5.73. The van der Waals surface area contributed by atoms with E-state index in [-0.39, 0.29) is 5.91 Å². The maximum atomic E-state index is 12.5. The summed E-state index contributed by atoms with van der Waals surface area (Å²) in [6, 6.07) is 9.92. The number of benzene rings is 1. The van der Waals surface area contributed by atoms with Gasteiger partial charge < -0.3 is 10.2 Å². The van der Waals surface area contributed by atoms with Crippen LogP contribution in [0.25, 0.3) is 11.3 Å². The van der Waals surface area contributed by atoms with E-state index >= 15 is 0 Å². The zero-order chi connectivity index (χ0) is 17.9. The van der Waals surface area contributed by atoms with Crippen molar-refractivity contribution in [3.63, 3.8) is 0 Å². The van der Waals surface area contributed by atoms with Gasteiger partial charge in [0.2, 0.25) is 0 Å². The number of aromatic amines is 1. The second-order valence-corrected chi connectivity index (χ2v) is 7.77. The summed E-state index contributed by atoms with van der Waals surface area (Å²) in [6.07, 6.45) is 6.33. The Balaban J connectivity index is 1.39. The average molecular weight is 373 g/mol. The van der Waals surface area contributed by atoms with Gasteiger partial charge >= 0.3 is 0 Å². The molecule has 6 heteroatoms.